The summed E-state index contributed by atoms with van der Waals surface area (Å²) in [7, 11) is -1.01. The molecule has 0 saturated heterocycles. The number of hydrogen-bond acceptors (Lipinski definition) is 7. The van der Waals surface area contributed by atoms with Gasteiger partial charge < -0.3 is 14.5 Å². The van der Waals surface area contributed by atoms with Crippen molar-refractivity contribution in [3.05, 3.63) is 60.0 Å². The van der Waals surface area contributed by atoms with E-state index in [1.54, 1.807) is 12.1 Å². The van der Waals surface area contributed by atoms with Crippen LogP contribution < -0.4 is 14.8 Å². The molecule has 0 aliphatic carbocycles. The highest BCUT2D eigenvalue weighted by Crippen LogP contribution is 2.26. The zero-order valence-corrected chi connectivity index (χ0v) is 17.4. The van der Waals surface area contributed by atoms with Crippen molar-refractivity contribution in [2.24, 2.45) is 0 Å². The number of aromatic nitrogens is 2. The average Bonchev–Trinajstić information content (AvgIpc) is 3.28. The lowest BCUT2D eigenvalue weighted by molar-refractivity contribution is -0.111. The van der Waals surface area contributed by atoms with E-state index in [4.69, 9.17) is 9.15 Å². The number of nitrogens with one attached hydrogen (secondary N) is 2. The maximum Gasteiger partial charge on any atom is 0.248 e. The van der Waals surface area contributed by atoms with E-state index < -0.39 is 10.0 Å². The summed E-state index contributed by atoms with van der Waals surface area (Å²) >= 11 is 0. The molecule has 0 radical (unpaired) electrons. The van der Waals surface area contributed by atoms with Gasteiger partial charge in [-0.25, -0.2) is 13.1 Å². The zero-order chi connectivity index (χ0) is 21.7. The first kappa shape index (κ1) is 21.2. The summed E-state index contributed by atoms with van der Waals surface area (Å²) in [6, 6.07) is 9.99. The minimum atomic E-state index is -3.71. The number of hydrogen-bond donors (Lipinski definition) is 2. The van der Waals surface area contributed by atoms with Gasteiger partial charge in [0.1, 0.15) is 10.6 Å². The van der Waals surface area contributed by atoms with Crippen molar-refractivity contribution in [1.82, 2.24) is 14.9 Å². The normalized spacial score (nSPS) is 11.6. The lowest BCUT2D eigenvalue weighted by Crippen LogP contribution is -2.19. The maximum atomic E-state index is 12.4. The number of aryl methyl sites for hydroxylation is 1. The van der Waals surface area contributed by atoms with E-state index in [0.29, 0.717) is 22.7 Å². The van der Waals surface area contributed by atoms with Gasteiger partial charge in [0.15, 0.2) is 0 Å². The number of benzene rings is 2. The Kier molecular flexibility index (Phi) is 6.28. The number of anilines is 1. The summed E-state index contributed by atoms with van der Waals surface area (Å²) in [6.45, 7) is 1.86. The van der Waals surface area contributed by atoms with Gasteiger partial charge in [-0.1, -0.05) is 12.1 Å². The molecule has 1 heterocycles. The second-order valence-electron chi connectivity index (χ2n) is 6.21. The van der Waals surface area contributed by atoms with Crippen LogP contribution in [0.5, 0.6) is 5.75 Å². The molecule has 156 valence electrons. The van der Waals surface area contributed by atoms with Gasteiger partial charge >= 0.3 is 0 Å². The van der Waals surface area contributed by atoms with E-state index in [2.05, 4.69) is 20.2 Å². The van der Waals surface area contributed by atoms with Crippen molar-refractivity contribution in [3.8, 4) is 17.2 Å². The highest BCUT2D eigenvalue weighted by molar-refractivity contribution is 7.89. The first-order chi connectivity index (χ1) is 14.3. The largest absolute Gasteiger partial charge is 0.495 e. The van der Waals surface area contributed by atoms with Gasteiger partial charge in [0.2, 0.25) is 28.2 Å². The van der Waals surface area contributed by atoms with Crippen LogP contribution in [0.25, 0.3) is 17.5 Å². The van der Waals surface area contributed by atoms with E-state index in [-0.39, 0.29) is 16.6 Å². The number of ether oxygens (including phenoxy) is 1. The molecule has 0 fully saturated rings. The first-order valence-corrected chi connectivity index (χ1v) is 10.3. The lowest BCUT2D eigenvalue weighted by Gasteiger charge is -2.10. The summed E-state index contributed by atoms with van der Waals surface area (Å²) in [5.74, 6) is 0.173. The topological polar surface area (TPSA) is 123 Å². The number of methoxy groups -OCH3 is 1. The van der Waals surface area contributed by atoms with Crippen LogP contribution >= 0.6 is 0 Å². The number of sulfonamides is 1. The number of rotatable bonds is 7. The molecular weight excluding hydrogens is 408 g/mol. The fraction of sp³-hybridized carbons (Fsp3) is 0.150. The van der Waals surface area contributed by atoms with Crippen molar-refractivity contribution in [2.75, 3.05) is 19.5 Å². The van der Waals surface area contributed by atoms with E-state index in [1.165, 1.54) is 44.8 Å². The Labute approximate surface area is 173 Å². The first-order valence-electron chi connectivity index (χ1n) is 8.82. The quantitative estimate of drug-likeness (QED) is 0.555. The van der Waals surface area contributed by atoms with Crippen molar-refractivity contribution in [3.63, 3.8) is 0 Å². The Hall–Kier alpha value is -3.50. The van der Waals surface area contributed by atoms with Crippen LogP contribution in [-0.4, -0.2) is 38.7 Å². The van der Waals surface area contributed by atoms with Gasteiger partial charge in [0, 0.05) is 17.3 Å². The molecule has 0 aliphatic rings. The highest BCUT2D eigenvalue weighted by Gasteiger charge is 2.17. The second kappa shape index (κ2) is 8.89. The van der Waals surface area contributed by atoms with Crippen LogP contribution in [0, 0.1) is 6.92 Å². The van der Waals surface area contributed by atoms with Gasteiger partial charge in [-0.15, -0.1) is 10.2 Å². The van der Waals surface area contributed by atoms with Crippen molar-refractivity contribution < 1.29 is 22.4 Å². The summed E-state index contributed by atoms with van der Waals surface area (Å²) in [5.41, 5.74) is 2.64. The third-order valence-corrected chi connectivity index (χ3v) is 5.71. The fourth-order valence-corrected chi connectivity index (χ4v) is 3.58. The molecule has 0 bridgehead atoms. The minimum Gasteiger partial charge on any atom is -0.495 e. The number of carbonyl (C=O) groups excluding carboxylic acids is 1. The van der Waals surface area contributed by atoms with Crippen LogP contribution in [0.2, 0.25) is 0 Å². The van der Waals surface area contributed by atoms with E-state index in [1.807, 2.05) is 19.1 Å². The Balaban J connectivity index is 1.80. The zero-order valence-electron chi connectivity index (χ0n) is 16.5. The van der Waals surface area contributed by atoms with Crippen molar-refractivity contribution >= 4 is 27.7 Å². The number of nitrogens with zero attached hydrogens (tertiary/aromatic N) is 2. The molecule has 1 aromatic heterocycles. The number of carbonyl (C=O) groups is 1. The predicted molar refractivity (Wildman–Crippen MR) is 111 cm³/mol. The van der Waals surface area contributed by atoms with Crippen LogP contribution in [-0.2, 0) is 14.8 Å². The monoisotopic (exact) mass is 428 g/mol. The maximum absolute atomic E-state index is 12.4. The minimum absolute atomic E-state index is 0.0156. The SMILES string of the molecule is CNS(=O)(=O)c1cc(C=CC(=O)Nc2cc(-c3nnco3)ccc2C)ccc1OC. The molecule has 3 rings (SSSR count). The third kappa shape index (κ3) is 4.73. The molecule has 3 aromatic rings. The third-order valence-electron chi connectivity index (χ3n) is 4.28. The summed E-state index contributed by atoms with van der Waals surface area (Å²) < 4.78 is 36.9. The second-order valence-corrected chi connectivity index (χ2v) is 8.07. The molecule has 0 aliphatic heterocycles. The summed E-state index contributed by atoms with van der Waals surface area (Å²) in [6.07, 6.45) is 4.06. The Morgan fingerprint density at radius 3 is 2.67 bits per heavy atom. The molecular formula is C20H20N4O5S. The van der Waals surface area contributed by atoms with Crippen LogP contribution in [0.3, 0.4) is 0 Å². The lowest BCUT2D eigenvalue weighted by atomic mass is 10.1. The summed E-state index contributed by atoms with van der Waals surface area (Å²) in [5, 5.41) is 10.3. The highest BCUT2D eigenvalue weighted by atomic mass is 32.2. The van der Waals surface area contributed by atoms with Crippen LogP contribution in [0.15, 0.2) is 58.2 Å². The molecule has 2 aromatic carbocycles. The van der Waals surface area contributed by atoms with Gasteiger partial charge in [0.25, 0.3) is 0 Å². The molecule has 0 unspecified atom stereocenters. The predicted octanol–water partition coefficient (Wildman–Crippen LogP) is 2.61. The molecule has 2 N–H and O–H groups in total. The molecule has 9 nitrogen and oxygen atoms in total. The molecule has 0 saturated carbocycles. The molecule has 0 atom stereocenters. The fourth-order valence-electron chi connectivity index (χ4n) is 2.65. The van der Waals surface area contributed by atoms with Gasteiger partial charge in [-0.2, -0.15) is 0 Å². The standard InChI is InChI=1S/C20H20N4O5S/c1-13-4-7-15(20-24-22-12-29-20)11-16(13)23-19(25)9-6-14-5-8-17(28-3)18(10-14)30(26,27)21-2/h4-12,21H,1-3H3,(H,23,25). The van der Waals surface area contributed by atoms with Gasteiger partial charge in [-0.05, 0) is 55.4 Å². The van der Waals surface area contributed by atoms with E-state index >= 15 is 0 Å². The van der Waals surface area contributed by atoms with E-state index in [0.717, 1.165) is 5.56 Å². The molecule has 30 heavy (non-hydrogen) atoms. The Bertz CT molecular complexity index is 1190. The van der Waals surface area contributed by atoms with Crippen molar-refractivity contribution in [1.29, 1.82) is 0 Å². The Morgan fingerprint density at radius 1 is 1.20 bits per heavy atom. The Morgan fingerprint density at radius 2 is 2.00 bits per heavy atom. The summed E-state index contributed by atoms with van der Waals surface area (Å²) in [4.78, 5) is 12.4. The van der Waals surface area contributed by atoms with Crippen molar-refractivity contribution in [2.45, 2.75) is 11.8 Å². The van der Waals surface area contributed by atoms with Crippen LogP contribution in [0.1, 0.15) is 11.1 Å². The molecule has 10 heteroatoms. The molecule has 1 amide bonds. The van der Waals surface area contributed by atoms with Crippen LogP contribution in [0.4, 0.5) is 5.69 Å². The molecule has 0 spiro atoms. The number of amides is 1. The van der Waals surface area contributed by atoms with Gasteiger partial charge in [0.05, 0.1) is 7.11 Å². The van der Waals surface area contributed by atoms with Gasteiger partial charge in [-0.3, -0.25) is 4.79 Å². The average molecular weight is 428 g/mol. The van der Waals surface area contributed by atoms with E-state index in [9.17, 15) is 13.2 Å². The smallest absolute Gasteiger partial charge is 0.248 e.